The second-order valence-electron chi connectivity index (χ2n) is 5.81. The number of benzene rings is 2. The summed E-state index contributed by atoms with van der Waals surface area (Å²) in [6.45, 7) is 0.598. The summed E-state index contributed by atoms with van der Waals surface area (Å²) in [5, 5.41) is 1.05. The fourth-order valence-corrected chi connectivity index (χ4v) is 2.78. The molecule has 0 saturated carbocycles. The minimum absolute atomic E-state index is 0.598. The minimum atomic E-state index is 0.598. The van der Waals surface area contributed by atoms with Gasteiger partial charge in [0.25, 0.3) is 0 Å². The van der Waals surface area contributed by atoms with Gasteiger partial charge in [0.05, 0.1) is 29.6 Å². The molecule has 0 aliphatic carbocycles. The molecule has 2 aromatic heterocycles. The Balaban J connectivity index is 1.80. The molecular formula is C20H17N5. The molecule has 0 N–H and O–H groups in total. The number of rotatable bonds is 4. The highest BCUT2D eigenvalue weighted by atomic mass is 15.2. The molecule has 0 unspecified atom stereocenters. The van der Waals surface area contributed by atoms with Gasteiger partial charge in [0.15, 0.2) is 0 Å². The summed E-state index contributed by atoms with van der Waals surface area (Å²) in [4.78, 5) is 20.0. The Morgan fingerprint density at radius 1 is 0.880 bits per heavy atom. The fourth-order valence-electron chi connectivity index (χ4n) is 2.78. The van der Waals surface area contributed by atoms with Gasteiger partial charge in [-0.15, -0.1) is 0 Å². The van der Waals surface area contributed by atoms with Crippen LogP contribution in [0.25, 0.3) is 22.2 Å². The average molecular weight is 327 g/mol. The van der Waals surface area contributed by atoms with Crippen molar-refractivity contribution in [1.82, 2.24) is 19.9 Å². The zero-order chi connectivity index (χ0) is 17.1. The molecule has 25 heavy (non-hydrogen) atoms. The predicted octanol–water partition coefficient (Wildman–Crippen LogP) is 3.72. The maximum absolute atomic E-state index is 4.83. The lowest BCUT2D eigenvalue weighted by Gasteiger charge is -2.18. The van der Waals surface area contributed by atoms with Gasteiger partial charge in [-0.2, -0.15) is 0 Å². The van der Waals surface area contributed by atoms with E-state index in [1.54, 1.807) is 18.6 Å². The maximum Gasteiger partial charge on any atom is 0.226 e. The SMILES string of the molecule is CN(Cc1cnccn1)c1nc(-c2ccccc2)c2ccccc2n1. The van der Waals surface area contributed by atoms with Gasteiger partial charge >= 0.3 is 0 Å². The highest BCUT2D eigenvalue weighted by molar-refractivity contribution is 5.93. The first kappa shape index (κ1) is 15.2. The summed E-state index contributed by atoms with van der Waals surface area (Å²) in [5.74, 6) is 0.670. The van der Waals surface area contributed by atoms with Crippen molar-refractivity contribution in [3.05, 3.63) is 78.9 Å². The first-order valence-corrected chi connectivity index (χ1v) is 8.09. The van der Waals surface area contributed by atoms with Gasteiger partial charge in [0.2, 0.25) is 5.95 Å². The van der Waals surface area contributed by atoms with Crippen molar-refractivity contribution in [3.8, 4) is 11.3 Å². The van der Waals surface area contributed by atoms with Gasteiger partial charge < -0.3 is 4.90 Å². The molecule has 122 valence electrons. The molecule has 0 amide bonds. The smallest absolute Gasteiger partial charge is 0.226 e. The van der Waals surface area contributed by atoms with E-state index in [1.165, 1.54) is 0 Å². The van der Waals surface area contributed by atoms with Gasteiger partial charge in [-0.25, -0.2) is 9.97 Å². The molecule has 4 rings (SSSR count). The van der Waals surface area contributed by atoms with Crippen LogP contribution in [0.3, 0.4) is 0 Å². The Morgan fingerprint density at radius 2 is 1.68 bits per heavy atom. The van der Waals surface area contributed by atoms with E-state index < -0.39 is 0 Å². The molecular weight excluding hydrogens is 310 g/mol. The predicted molar refractivity (Wildman–Crippen MR) is 99.1 cm³/mol. The number of aromatic nitrogens is 4. The van der Waals surface area contributed by atoms with Gasteiger partial charge in [0, 0.05) is 30.4 Å². The zero-order valence-corrected chi connectivity index (χ0v) is 13.9. The fraction of sp³-hybridized carbons (Fsp3) is 0.100. The van der Waals surface area contributed by atoms with Gasteiger partial charge in [-0.1, -0.05) is 48.5 Å². The van der Waals surface area contributed by atoms with Crippen LogP contribution in [-0.2, 0) is 6.54 Å². The van der Waals surface area contributed by atoms with Crippen LogP contribution in [-0.4, -0.2) is 27.0 Å². The van der Waals surface area contributed by atoms with Gasteiger partial charge in [-0.3, -0.25) is 9.97 Å². The van der Waals surface area contributed by atoms with Gasteiger partial charge in [-0.05, 0) is 6.07 Å². The maximum atomic E-state index is 4.83. The normalized spacial score (nSPS) is 10.8. The van der Waals surface area contributed by atoms with Crippen molar-refractivity contribution in [2.24, 2.45) is 0 Å². The van der Waals surface area contributed by atoms with Crippen molar-refractivity contribution < 1.29 is 0 Å². The third-order valence-electron chi connectivity index (χ3n) is 4.00. The first-order chi connectivity index (χ1) is 12.3. The topological polar surface area (TPSA) is 54.8 Å². The number of nitrogens with zero attached hydrogens (tertiary/aromatic N) is 5. The lowest BCUT2D eigenvalue weighted by Crippen LogP contribution is -2.20. The van der Waals surface area contributed by atoms with Crippen LogP contribution in [0.4, 0.5) is 5.95 Å². The van der Waals surface area contributed by atoms with Crippen molar-refractivity contribution >= 4 is 16.9 Å². The van der Waals surface area contributed by atoms with Crippen LogP contribution in [0.1, 0.15) is 5.69 Å². The van der Waals surface area contributed by atoms with E-state index in [0.717, 1.165) is 27.9 Å². The minimum Gasteiger partial charge on any atom is -0.338 e. The number of hydrogen-bond acceptors (Lipinski definition) is 5. The molecule has 4 aromatic rings. The molecule has 0 spiro atoms. The Morgan fingerprint density at radius 3 is 2.48 bits per heavy atom. The molecule has 0 bridgehead atoms. The average Bonchev–Trinajstić information content (AvgIpc) is 2.68. The summed E-state index contributed by atoms with van der Waals surface area (Å²) in [6, 6.07) is 18.3. The van der Waals surface area contributed by atoms with E-state index in [0.29, 0.717) is 12.5 Å². The molecule has 0 atom stereocenters. The summed E-state index contributed by atoms with van der Waals surface area (Å²) in [6.07, 6.45) is 5.12. The number of hydrogen-bond donors (Lipinski definition) is 0. The Kier molecular flexibility index (Phi) is 4.04. The van der Waals surface area contributed by atoms with Crippen molar-refractivity contribution in [2.75, 3.05) is 11.9 Å². The summed E-state index contributed by atoms with van der Waals surface area (Å²) < 4.78 is 0. The van der Waals surface area contributed by atoms with Crippen LogP contribution in [0.2, 0.25) is 0 Å². The third kappa shape index (κ3) is 3.17. The third-order valence-corrected chi connectivity index (χ3v) is 4.00. The van der Waals surface area contributed by atoms with E-state index in [-0.39, 0.29) is 0 Å². The largest absolute Gasteiger partial charge is 0.338 e. The molecule has 0 radical (unpaired) electrons. The van der Waals surface area contributed by atoms with Crippen LogP contribution in [0.5, 0.6) is 0 Å². The summed E-state index contributed by atoms with van der Waals surface area (Å²) >= 11 is 0. The van der Waals surface area contributed by atoms with Crippen LogP contribution in [0, 0.1) is 0 Å². The van der Waals surface area contributed by atoms with E-state index >= 15 is 0 Å². The summed E-state index contributed by atoms with van der Waals surface area (Å²) in [7, 11) is 1.97. The molecule has 0 aliphatic rings. The Hall–Kier alpha value is -3.34. The van der Waals surface area contributed by atoms with Crippen molar-refractivity contribution in [3.63, 3.8) is 0 Å². The van der Waals surface area contributed by atoms with Crippen molar-refractivity contribution in [2.45, 2.75) is 6.54 Å². The van der Waals surface area contributed by atoms with Crippen LogP contribution >= 0.6 is 0 Å². The van der Waals surface area contributed by atoms with E-state index in [2.05, 4.69) is 28.2 Å². The lowest BCUT2D eigenvalue weighted by atomic mass is 10.1. The Bertz CT molecular complexity index is 987. The van der Waals surface area contributed by atoms with Crippen molar-refractivity contribution in [1.29, 1.82) is 0 Å². The van der Waals surface area contributed by atoms with Crippen LogP contribution < -0.4 is 4.90 Å². The number of para-hydroxylation sites is 1. The molecule has 0 aliphatic heterocycles. The quantitative estimate of drug-likeness (QED) is 0.572. The zero-order valence-electron chi connectivity index (χ0n) is 13.9. The van der Waals surface area contributed by atoms with E-state index in [1.807, 2.05) is 48.3 Å². The second-order valence-corrected chi connectivity index (χ2v) is 5.81. The number of fused-ring (bicyclic) bond motifs is 1. The van der Waals surface area contributed by atoms with Crippen LogP contribution in [0.15, 0.2) is 73.2 Å². The second kappa shape index (κ2) is 6.65. The molecule has 0 fully saturated rings. The molecule has 5 nitrogen and oxygen atoms in total. The molecule has 0 saturated heterocycles. The Labute approximate surface area is 146 Å². The van der Waals surface area contributed by atoms with E-state index in [4.69, 9.17) is 9.97 Å². The summed E-state index contributed by atoms with van der Waals surface area (Å²) in [5.41, 5.74) is 3.82. The molecule has 5 heteroatoms. The van der Waals surface area contributed by atoms with E-state index in [9.17, 15) is 0 Å². The monoisotopic (exact) mass is 327 g/mol. The highest BCUT2D eigenvalue weighted by Gasteiger charge is 2.13. The standard InChI is InChI=1S/C20H17N5/c1-25(14-16-13-21-11-12-22-16)20-23-18-10-6-5-9-17(18)19(24-20)15-7-3-2-4-8-15/h2-13H,14H2,1H3. The van der Waals surface area contributed by atoms with Gasteiger partial charge in [0.1, 0.15) is 0 Å². The lowest BCUT2D eigenvalue weighted by molar-refractivity contribution is 0.839. The molecule has 2 aromatic carbocycles. The number of anilines is 1. The highest BCUT2D eigenvalue weighted by Crippen LogP contribution is 2.28. The molecule has 2 heterocycles. The first-order valence-electron chi connectivity index (χ1n) is 8.09.